The molecule has 28 heavy (non-hydrogen) atoms. The van der Waals surface area contributed by atoms with E-state index in [0.717, 1.165) is 12.8 Å². The van der Waals surface area contributed by atoms with Crippen LogP contribution in [0, 0.1) is 11.7 Å². The minimum atomic E-state index is -0.878. The van der Waals surface area contributed by atoms with Crippen LogP contribution in [0.1, 0.15) is 39.2 Å². The molecule has 154 valence electrons. The Morgan fingerprint density at radius 1 is 1.36 bits per heavy atom. The van der Waals surface area contributed by atoms with Gasteiger partial charge in [-0.25, -0.2) is 9.18 Å². The van der Waals surface area contributed by atoms with Crippen LogP contribution in [-0.4, -0.2) is 48.4 Å². The molecule has 0 spiro atoms. The summed E-state index contributed by atoms with van der Waals surface area (Å²) in [6.07, 6.45) is 0.892. The average Bonchev–Trinajstić information content (AvgIpc) is 3.33. The number of carbonyl (C=O) groups excluding carboxylic acids is 2. The van der Waals surface area contributed by atoms with E-state index < -0.39 is 23.6 Å². The maximum absolute atomic E-state index is 14.6. The van der Waals surface area contributed by atoms with Crippen molar-refractivity contribution in [3.63, 3.8) is 0 Å². The number of hydrogen-bond acceptors (Lipinski definition) is 5. The highest BCUT2D eigenvalue weighted by molar-refractivity contribution is 6.02. The molecule has 1 heterocycles. The Labute approximate surface area is 164 Å². The van der Waals surface area contributed by atoms with Gasteiger partial charge in [0.15, 0.2) is 0 Å². The first kappa shape index (κ1) is 20.4. The third kappa shape index (κ3) is 5.34. The van der Waals surface area contributed by atoms with Crippen molar-refractivity contribution in [3.8, 4) is 0 Å². The van der Waals surface area contributed by atoms with Crippen LogP contribution in [-0.2, 0) is 16.0 Å². The number of nitrogens with one attached hydrogen (secondary N) is 2. The lowest BCUT2D eigenvalue weighted by molar-refractivity contribution is -0.117. The number of benzene rings is 1. The molecular weight excluding hydrogens is 365 g/mol. The van der Waals surface area contributed by atoms with Gasteiger partial charge < -0.3 is 25.4 Å². The summed E-state index contributed by atoms with van der Waals surface area (Å²) < 4.78 is 19.7. The third-order valence-electron chi connectivity index (χ3n) is 4.62. The second-order valence-corrected chi connectivity index (χ2v) is 8.51. The van der Waals surface area contributed by atoms with Gasteiger partial charge in [-0.1, -0.05) is 0 Å². The molecule has 1 atom stereocenters. The Bertz CT molecular complexity index is 759. The number of rotatable bonds is 7. The Hall–Kier alpha value is -2.35. The maximum Gasteiger partial charge on any atom is 0.407 e. The zero-order chi connectivity index (χ0) is 20.5. The molecule has 1 aromatic carbocycles. The van der Waals surface area contributed by atoms with Gasteiger partial charge in [0, 0.05) is 25.3 Å². The van der Waals surface area contributed by atoms with Crippen LogP contribution in [0.5, 0.6) is 0 Å². The standard InChI is InChI=1S/C20H28FN3O4/c1-20(2,3)28-19(27)23-10-15(25)9-22-14-6-13-7-17(26)24(11-12-4-5-12)18(13)16(21)8-14/h6,8,12,15,22,25H,4-5,7,9-11H2,1-3H3,(H,23,27)/t15-/m0/s1. The van der Waals surface area contributed by atoms with E-state index in [1.807, 2.05) is 0 Å². The molecule has 2 aliphatic rings. The second-order valence-electron chi connectivity index (χ2n) is 8.51. The van der Waals surface area contributed by atoms with E-state index in [4.69, 9.17) is 4.74 Å². The summed E-state index contributed by atoms with van der Waals surface area (Å²) in [7, 11) is 0. The van der Waals surface area contributed by atoms with E-state index >= 15 is 0 Å². The van der Waals surface area contributed by atoms with Crippen molar-refractivity contribution in [2.45, 2.75) is 51.7 Å². The monoisotopic (exact) mass is 393 g/mol. The summed E-state index contributed by atoms with van der Waals surface area (Å²) in [6.45, 7) is 5.97. The summed E-state index contributed by atoms with van der Waals surface area (Å²) >= 11 is 0. The molecule has 0 radical (unpaired) electrons. The SMILES string of the molecule is CC(C)(C)OC(=O)NC[C@@H](O)CNc1cc(F)c2c(c1)CC(=O)N2CC1CC1. The molecule has 1 fully saturated rings. The number of ether oxygens (including phenoxy) is 1. The number of alkyl carbamates (subject to hydrolysis) is 1. The van der Waals surface area contributed by atoms with Gasteiger partial charge in [0.25, 0.3) is 0 Å². The lowest BCUT2D eigenvalue weighted by Gasteiger charge is -2.21. The van der Waals surface area contributed by atoms with Crippen molar-refractivity contribution in [2.75, 3.05) is 29.9 Å². The highest BCUT2D eigenvalue weighted by Gasteiger charge is 2.35. The van der Waals surface area contributed by atoms with Crippen molar-refractivity contribution in [2.24, 2.45) is 5.92 Å². The normalized spacial score (nSPS) is 17.3. The van der Waals surface area contributed by atoms with Gasteiger partial charge in [0.2, 0.25) is 5.91 Å². The number of aliphatic hydroxyl groups excluding tert-OH is 1. The number of anilines is 2. The third-order valence-corrected chi connectivity index (χ3v) is 4.62. The largest absolute Gasteiger partial charge is 0.444 e. The minimum Gasteiger partial charge on any atom is -0.444 e. The molecule has 3 rings (SSSR count). The maximum atomic E-state index is 14.6. The smallest absolute Gasteiger partial charge is 0.407 e. The molecule has 8 heteroatoms. The molecule has 7 nitrogen and oxygen atoms in total. The van der Waals surface area contributed by atoms with E-state index in [1.165, 1.54) is 6.07 Å². The molecule has 1 aromatic rings. The first-order valence-corrected chi connectivity index (χ1v) is 9.64. The molecule has 2 amide bonds. The Morgan fingerprint density at radius 2 is 2.07 bits per heavy atom. The first-order chi connectivity index (χ1) is 13.1. The van der Waals surface area contributed by atoms with Crippen molar-refractivity contribution >= 4 is 23.4 Å². The molecule has 1 aliphatic heterocycles. The fraction of sp³-hybridized carbons (Fsp3) is 0.600. The van der Waals surface area contributed by atoms with Crippen LogP contribution in [0.4, 0.5) is 20.6 Å². The van der Waals surface area contributed by atoms with Gasteiger partial charge in [0.05, 0.1) is 18.2 Å². The van der Waals surface area contributed by atoms with Gasteiger partial charge in [-0.15, -0.1) is 0 Å². The lowest BCUT2D eigenvalue weighted by atomic mass is 10.1. The summed E-state index contributed by atoms with van der Waals surface area (Å²) in [4.78, 5) is 25.4. The van der Waals surface area contributed by atoms with Gasteiger partial charge in [-0.3, -0.25) is 4.79 Å². The minimum absolute atomic E-state index is 0.00296. The fourth-order valence-corrected chi connectivity index (χ4v) is 3.15. The Balaban J connectivity index is 1.53. The van der Waals surface area contributed by atoms with Crippen LogP contribution in [0.2, 0.25) is 0 Å². The van der Waals surface area contributed by atoms with Gasteiger partial charge in [-0.2, -0.15) is 0 Å². The quantitative estimate of drug-likeness (QED) is 0.662. The van der Waals surface area contributed by atoms with E-state index in [9.17, 15) is 19.1 Å². The average molecular weight is 393 g/mol. The first-order valence-electron chi connectivity index (χ1n) is 9.64. The number of hydrogen-bond donors (Lipinski definition) is 3. The summed E-state index contributed by atoms with van der Waals surface area (Å²) in [5.41, 5.74) is 0.929. The summed E-state index contributed by atoms with van der Waals surface area (Å²) in [5, 5.41) is 15.5. The molecule has 1 aliphatic carbocycles. The van der Waals surface area contributed by atoms with Crippen LogP contribution < -0.4 is 15.5 Å². The predicted octanol–water partition coefficient (Wildman–Crippen LogP) is 2.42. The van der Waals surface area contributed by atoms with Crippen LogP contribution in [0.3, 0.4) is 0 Å². The Morgan fingerprint density at radius 3 is 2.71 bits per heavy atom. The van der Waals surface area contributed by atoms with Crippen LogP contribution >= 0.6 is 0 Å². The fourth-order valence-electron chi connectivity index (χ4n) is 3.15. The van der Waals surface area contributed by atoms with Crippen molar-refractivity contribution < 1.29 is 23.8 Å². The number of amides is 2. The van der Waals surface area contributed by atoms with Crippen molar-refractivity contribution in [1.29, 1.82) is 0 Å². The summed E-state index contributed by atoms with van der Waals surface area (Å²) in [6, 6.07) is 3.09. The van der Waals surface area contributed by atoms with Crippen molar-refractivity contribution in [3.05, 3.63) is 23.5 Å². The van der Waals surface area contributed by atoms with E-state index in [2.05, 4.69) is 10.6 Å². The zero-order valence-corrected chi connectivity index (χ0v) is 16.5. The van der Waals surface area contributed by atoms with E-state index in [-0.39, 0.29) is 25.4 Å². The molecule has 3 N–H and O–H groups in total. The Kier molecular flexibility index (Phi) is 5.79. The van der Waals surface area contributed by atoms with E-state index in [1.54, 1.807) is 31.7 Å². The molecule has 1 saturated carbocycles. The van der Waals surface area contributed by atoms with Crippen LogP contribution in [0.25, 0.3) is 0 Å². The number of aliphatic hydroxyl groups is 1. The number of nitrogens with zero attached hydrogens (tertiary/aromatic N) is 1. The van der Waals surface area contributed by atoms with Gasteiger partial charge in [-0.05, 0) is 57.2 Å². The number of carbonyl (C=O) groups is 2. The molecule has 0 aromatic heterocycles. The van der Waals surface area contributed by atoms with Crippen molar-refractivity contribution in [1.82, 2.24) is 5.32 Å². The number of halogens is 1. The zero-order valence-electron chi connectivity index (χ0n) is 16.5. The molecular formula is C20H28FN3O4. The van der Waals surface area contributed by atoms with Crippen LogP contribution in [0.15, 0.2) is 12.1 Å². The second kappa shape index (κ2) is 7.95. The molecule has 0 bridgehead atoms. The highest BCUT2D eigenvalue weighted by Crippen LogP contribution is 2.38. The van der Waals surface area contributed by atoms with E-state index in [0.29, 0.717) is 29.4 Å². The number of fused-ring (bicyclic) bond motifs is 1. The topological polar surface area (TPSA) is 90.9 Å². The molecule has 0 unspecified atom stereocenters. The van der Waals surface area contributed by atoms with Gasteiger partial charge >= 0.3 is 6.09 Å². The van der Waals surface area contributed by atoms with Gasteiger partial charge in [0.1, 0.15) is 11.4 Å². The summed E-state index contributed by atoms with van der Waals surface area (Å²) in [5.74, 6) is -0.0212. The predicted molar refractivity (Wildman–Crippen MR) is 104 cm³/mol. The lowest BCUT2D eigenvalue weighted by Crippen LogP contribution is -2.39. The molecule has 0 saturated heterocycles. The highest BCUT2D eigenvalue weighted by atomic mass is 19.1.